The highest BCUT2D eigenvalue weighted by Gasteiger charge is 2.29. The Labute approximate surface area is 124 Å². The number of carbonyl (C=O) groups is 2. The summed E-state index contributed by atoms with van der Waals surface area (Å²) < 4.78 is 5.11. The summed E-state index contributed by atoms with van der Waals surface area (Å²) in [5, 5.41) is 14.5. The molecule has 0 saturated heterocycles. The summed E-state index contributed by atoms with van der Waals surface area (Å²) in [4.78, 5) is 22.8. The highest BCUT2D eigenvalue weighted by molar-refractivity contribution is 5.89. The summed E-state index contributed by atoms with van der Waals surface area (Å²) in [5.74, 6) is -0.892. The fourth-order valence-corrected chi connectivity index (χ4v) is 1.65. The summed E-state index contributed by atoms with van der Waals surface area (Å²) in [7, 11) is 0. The van der Waals surface area contributed by atoms with E-state index < -0.39 is 11.4 Å². The fraction of sp³-hybridized carbons (Fsp3) is 0.467. The second-order valence-corrected chi connectivity index (χ2v) is 5.09. The first-order valence-corrected chi connectivity index (χ1v) is 6.84. The lowest BCUT2D eigenvalue weighted by atomic mass is 9.85. The lowest BCUT2D eigenvalue weighted by molar-refractivity contribution is -0.142. The zero-order chi connectivity index (χ0) is 15.9. The van der Waals surface area contributed by atoms with Crippen LogP contribution in [-0.2, 0) is 14.9 Å². The van der Waals surface area contributed by atoms with E-state index in [2.05, 4.69) is 10.6 Å². The van der Waals surface area contributed by atoms with Crippen LogP contribution in [0.1, 0.15) is 26.3 Å². The van der Waals surface area contributed by atoms with Gasteiger partial charge < -0.3 is 20.5 Å². The van der Waals surface area contributed by atoms with Crippen LogP contribution in [0.3, 0.4) is 0 Å². The molecule has 0 aromatic heterocycles. The second kappa shape index (κ2) is 7.64. The van der Waals surface area contributed by atoms with Gasteiger partial charge in [-0.3, -0.25) is 4.79 Å². The zero-order valence-electron chi connectivity index (χ0n) is 12.6. The number of carbonyl (C=O) groups excluding carboxylic acids is 1. The van der Waals surface area contributed by atoms with E-state index in [4.69, 9.17) is 9.84 Å². The molecule has 6 nitrogen and oxygen atoms in total. The lowest BCUT2D eigenvalue weighted by Crippen LogP contribution is -2.31. The molecule has 0 unspecified atom stereocenters. The van der Waals surface area contributed by atoms with Crippen molar-refractivity contribution in [1.82, 2.24) is 5.32 Å². The van der Waals surface area contributed by atoms with Crippen LogP contribution >= 0.6 is 0 Å². The molecule has 0 aliphatic heterocycles. The molecule has 0 aliphatic rings. The highest BCUT2D eigenvalue weighted by Crippen LogP contribution is 2.24. The largest absolute Gasteiger partial charge is 0.481 e. The maximum Gasteiger partial charge on any atom is 0.319 e. The number of rotatable bonds is 7. The molecule has 0 atom stereocenters. The van der Waals surface area contributed by atoms with Gasteiger partial charge in [0.05, 0.1) is 12.0 Å². The third kappa shape index (κ3) is 5.07. The van der Waals surface area contributed by atoms with Gasteiger partial charge in [0, 0.05) is 18.8 Å². The van der Waals surface area contributed by atoms with Crippen LogP contribution in [0.5, 0.6) is 0 Å². The molecule has 0 radical (unpaired) electrons. The van der Waals surface area contributed by atoms with Crippen LogP contribution < -0.4 is 10.6 Å². The molecular weight excluding hydrogens is 272 g/mol. The van der Waals surface area contributed by atoms with Crippen LogP contribution in [0.25, 0.3) is 0 Å². The lowest BCUT2D eigenvalue weighted by Gasteiger charge is -2.19. The van der Waals surface area contributed by atoms with Crippen molar-refractivity contribution in [3.05, 3.63) is 29.8 Å². The first-order valence-electron chi connectivity index (χ1n) is 6.84. The molecule has 6 heteroatoms. The van der Waals surface area contributed by atoms with E-state index in [-0.39, 0.29) is 6.03 Å². The van der Waals surface area contributed by atoms with Crippen molar-refractivity contribution in [3.63, 3.8) is 0 Å². The monoisotopic (exact) mass is 294 g/mol. The minimum atomic E-state index is -0.960. The molecular formula is C15H22N2O4. The Bertz CT molecular complexity index is 483. The number of hydrogen-bond acceptors (Lipinski definition) is 3. The Morgan fingerprint density at radius 2 is 1.86 bits per heavy atom. The maximum atomic E-state index is 11.6. The van der Waals surface area contributed by atoms with Crippen LogP contribution in [0.4, 0.5) is 10.5 Å². The number of hydrogen-bond donors (Lipinski definition) is 3. The van der Waals surface area contributed by atoms with Crippen LogP contribution in [-0.4, -0.2) is 36.9 Å². The number of urea groups is 1. The van der Waals surface area contributed by atoms with Gasteiger partial charge in [0.1, 0.15) is 0 Å². The number of carboxylic acids is 1. The van der Waals surface area contributed by atoms with Gasteiger partial charge in [0.25, 0.3) is 0 Å². The molecule has 0 spiro atoms. The molecule has 1 aromatic carbocycles. The van der Waals surface area contributed by atoms with Gasteiger partial charge in [0.2, 0.25) is 0 Å². The SMILES string of the molecule is CCOCCNC(=O)Nc1ccc(C(C)(C)C(=O)O)cc1. The highest BCUT2D eigenvalue weighted by atomic mass is 16.5. The smallest absolute Gasteiger partial charge is 0.319 e. The Hall–Kier alpha value is -2.08. The predicted octanol–water partition coefficient (Wildman–Crippen LogP) is 2.21. The molecule has 0 aliphatic carbocycles. The van der Waals surface area contributed by atoms with Crippen LogP contribution in [0.2, 0.25) is 0 Å². The Morgan fingerprint density at radius 1 is 1.24 bits per heavy atom. The van der Waals surface area contributed by atoms with Crippen molar-refractivity contribution >= 4 is 17.7 Å². The summed E-state index contributed by atoms with van der Waals surface area (Å²) in [6.07, 6.45) is 0. The van der Waals surface area contributed by atoms with Gasteiger partial charge in [-0.15, -0.1) is 0 Å². The van der Waals surface area contributed by atoms with Gasteiger partial charge in [-0.25, -0.2) is 4.79 Å². The first-order chi connectivity index (χ1) is 9.87. The minimum absolute atomic E-state index is 0.319. The van der Waals surface area contributed by atoms with Crippen molar-refractivity contribution in [1.29, 1.82) is 0 Å². The molecule has 0 heterocycles. The summed E-state index contributed by atoms with van der Waals surface area (Å²) >= 11 is 0. The molecule has 0 saturated carbocycles. The summed E-state index contributed by atoms with van der Waals surface area (Å²) in [6, 6.07) is 6.44. The minimum Gasteiger partial charge on any atom is -0.481 e. The van der Waals surface area contributed by atoms with Crippen LogP contribution in [0, 0.1) is 0 Å². The Morgan fingerprint density at radius 3 is 2.38 bits per heavy atom. The van der Waals surface area contributed by atoms with Crippen molar-refractivity contribution < 1.29 is 19.4 Å². The Kier molecular flexibility index (Phi) is 6.17. The van der Waals surface area contributed by atoms with E-state index in [0.29, 0.717) is 31.0 Å². The third-order valence-corrected chi connectivity index (χ3v) is 3.14. The van der Waals surface area contributed by atoms with Crippen molar-refractivity contribution in [2.45, 2.75) is 26.2 Å². The first kappa shape index (κ1) is 17.0. The topological polar surface area (TPSA) is 87.7 Å². The molecule has 116 valence electrons. The molecule has 1 aromatic rings. The molecule has 3 N–H and O–H groups in total. The Balaban J connectivity index is 2.55. The van der Waals surface area contributed by atoms with E-state index >= 15 is 0 Å². The number of anilines is 1. The van der Waals surface area contributed by atoms with Gasteiger partial charge in [-0.1, -0.05) is 12.1 Å². The summed E-state index contributed by atoms with van der Waals surface area (Å²) in [6.45, 7) is 6.68. The van der Waals surface area contributed by atoms with E-state index in [1.54, 1.807) is 38.1 Å². The number of ether oxygens (including phenoxy) is 1. The molecule has 21 heavy (non-hydrogen) atoms. The zero-order valence-corrected chi connectivity index (χ0v) is 12.6. The average Bonchev–Trinajstić information content (AvgIpc) is 2.44. The number of amides is 2. The van der Waals surface area contributed by atoms with Crippen molar-refractivity contribution in [3.8, 4) is 0 Å². The summed E-state index contributed by atoms with van der Waals surface area (Å²) in [5.41, 5.74) is 0.323. The van der Waals surface area contributed by atoms with E-state index in [9.17, 15) is 9.59 Å². The quantitative estimate of drug-likeness (QED) is 0.673. The molecule has 0 fully saturated rings. The standard InChI is InChI=1S/C15H22N2O4/c1-4-21-10-9-16-14(20)17-12-7-5-11(6-8-12)15(2,3)13(18)19/h5-8H,4,9-10H2,1-3H3,(H,18,19)(H2,16,17,20). The van der Waals surface area contributed by atoms with Gasteiger partial charge in [0.15, 0.2) is 0 Å². The van der Waals surface area contributed by atoms with Crippen molar-refractivity contribution in [2.24, 2.45) is 0 Å². The van der Waals surface area contributed by atoms with Crippen LogP contribution in [0.15, 0.2) is 24.3 Å². The second-order valence-electron chi connectivity index (χ2n) is 5.09. The average molecular weight is 294 g/mol. The molecule has 0 bridgehead atoms. The maximum absolute atomic E-state index is 11.6. The fourth-order valence-electron chi connectivity index (χ4n) is 1.65. The van der Waals surface area contributed by atoms with Crippen molar-refractivity contribution in [2.75, 3.05) is 25.1 Å². The van der Waals surface area contributed by atoms with E-state index in [0.717, 1.165) is 0 Å². The number of aliphatic carboxylic acids is 1. The van der Waals surface area contributed by atoms with Gasteiger partial charge >= 0.3 is 12.0 Å². The van der Waals surface area contributed by atoms with E-state index in [1.807, 2.05) is 6.92 Å². The number of carboxylic acid groups (broad SMARTS) is 1. The number of nitrogens with one attached hydrogen (secondary N) is 2. The molecule has 2 amide bonds. The van der Waals surface area contributed by atoms with Gasteiger partial charge in [-0.05, 0) is 38.5 Å². The number of benzene rings is 1. The van der Waals surface area contributed by atoms with Gasteiger partial charge in [-0.2, -0.15) is 0 Å². The normalized spacial score (nSPS) is 11.0. The predicted molar refractivity (Wildman–Crippen MR) is 80.6 cm³/mol. The third-order valence-electron chi connectivity index (χ3n) is 3.14. The molecule has 1 rings (SSSR count). The van der Waals surface area contributed by atoms with E-state index in [1.165, 1.54) is 0 Å².